The quantitative estimate of drug-likeness (QED) is 0.816. The Morgan fingerprint density at radius 3 is 2.96 bits per heavy atom. The van der Waals surface area contributed by atoms with Crippen molar-refractivity contribution < 1.29 is 9.18 Å². The minimum absolute atomic E-state index is 0.125. The number of rotatable bonds is 6. The van der Waals surface area contributed by atoms with Crippen LogP contribution >= 0.6 is 0 Å². The van der Waals surface area contributed by atoms with E-state index in [-0.39, 0.29) is 11.7 Å². The van der Waals surface area contributed by atoms with Crippen molar-refractivity contribution in [2.24, 2.45) is 5.92 Å². The lowest BCUT2D eigenvalue weighted by molar-refractivity contribution is -0.133. The van der Waals surface area contributed by atoms with Gasteiger partial charge in [0.05, 0.1) is 0 Å². The molecule has 1 fully saturated rings. The number of aryl methyl sites for hydroxylation is 2. The van der Waals surface area contributed by atoms with E-state index in [1.54, 1.807) is 16.9 Å². The number of aromatic nitrogens is 2. The van der Waals surface area contributed by atoms with E-state index in [1.807, 2.05) is 29.3 Å². The molecule has 0 radical (unpaired) electrons. The van der Waals surface area contributed by atoms with Crippen molar-refractivity contribution in [1.82, 2.24) is 14.7 Å². The van der Waals surface area contributed by atoms with Crippen LogP contribution in [0.4, 0.5) is 4.39 Å². The summed E-state index contributed by atoms with van der Waals surface area (Å²) < 4.78 is 15.5. The molecule has 0 spiro atoms. The molecule has 1 aliphatic heterocycles. The number of likely N-dealkylation sites (tertiary alicyclic amines) is 1. The number of carbonyl (C=O) groups is 1. The normalized spacial score (nSPS) is 17.9. The predicted octanol–water partition coefficient (Wildman–Crippen LogP) is 3.28. The second-order valence-electron chi connectivity index (χ2n) is 6.50. The van der Waals surface area contributed by atoms with Gasteiger partial charge in [0.2, 0.25) is 5.91 Å². The minimum Gasteiger partial charge on any atom is -0.342 e. The van der Waals surface area contributed by atoms with E-state index < -0.39 is 0 Å². The van der Waals surface area contributed by atoms with E-state index >= 15 is 0 Å². The monoisotopic (exact) mass is 329 g/mol. The number of benzene rings is 1. The molecule has 4 nitrogen and oxygen atoms in total. The third-order valence-electron chi connectivity index (χ3n) is 4.77. The van der Waals surface area contributed by atoms with Gasteiger partial charge in [0.25, 0.3) is 0 Å². The molecule has 1 aromatic carbocycles. The topological polar surface area (TPSA) is 38.1 Å². The molecule has 5 heteroatoms. The van der Waals surface area contributed by atoms with Gasteiger partial charge in [0.15, 0.2) is 0 Å². The van der Waals surface area contributed by atoms with Crippen molar-refractivity contribution >= 4 is 5.91 Å². The number of hydrogen-bond acceptors (Lipinski definition) is 2. The molecular weight excluding hydrogens is 305 g/mol. The van der Waals surface area contributed by atoms with Crippen molar-refractivity contribution in [3.63, 3.8) is 0 Å². The maximum atomic E-state index is 13.7. The van der Waals surface area contributed by atoms with Crippen LogP contribution in [-0.4, -0.2) is 33.7 Å². The van der Waals surface area contributed by atoms with E-state index in [0.717, 1.165) is 44.3 Å². The van der Waals surface area contributed by atoms with Crippen LogP contribution in [-0.2, 0) is 17.8 Å². The molecule has 1 amide bonds. The SMILES string of the molecule is O=C(CCn1cccn1)N1CCC[C@H](CCc2ccccc2F)C1. The maximum absolute atomic E-state index is 13.7. The molecule has 0 bridgehead atoms. The lowest BCUT2D eigenvalue weighted by Gasteiger charge is -2.33. The van der Waals surface area contributed by atoms with Gasteiger partial charge in [0, 0.05) is 38.4 Å². The van der Waals surface area contributed by atoms with E-state index in [2.05, 4.69) is 5.10 Å². The van der Waals surface area contributed by atoms with Crippen LogP contribution in [0.25, 0.3) is 0 Å². The molecule has 2 heterocycles. The third kappa shape index (κ3) is 4.43. The Balaban J connectivity index is 1.47. The van der Waals surface area contributed by atoms with Crippen molar-refractivity contribution in [3.8, 4) is 0 Å². The standard InChI is InChI=1S/C19H24FN3O/c20-18-7-2-1-6-17(18)9-8-16-5-3-12-22(15-16)19(24)10-14-23-13-4-11-21-23/h1-2,4,6-7,11,13,16H,3,5,8-10,12,14-15H2/t16-/m1/s1. The van der Waals surface area contributed by atoms with Gasteiger partial charge < -0.3 is 4.90 Å². The summed E-state index contributed by atoms with van der Waals surface area (Å²) in [6, 6.07) is 8.83. The molecule has 3 rings (SSSR count). The first-order valence-electron chi connectivity index (χ1n) is 8.71. The highest BCUT2D eigenvalue weighted by atomic mass is 19.1. The fraction of sp³-hybridized carbons (Fsp3) is 0.474. The zero-order chi connectivity index (χ0) is 16.8. The van der Waals surface area contributed by atoms with E-state index in [1.165, 1.54) is 6.07 Å². The minimum atomic E-state index is -0.125. The Morgan fingerprint density at radius 1 is 1.29 bits per heavy atom. The molecule has 1 atom stereocenters. The smallest absolute Gasteiger partial charge is 0.224 e. The number of nitrogens with zero attached hydrogens (tertiary/aromatic N) is 3. The summed E-state index contributed by atoms with van der Waals surface area (Å²) in [5, 5.41) is 4.13. The average Bonchev–Trinajstić information content (AvgIpc) is 3.13. The summed E-state index contributed by atoms with van der Waals surface area (Å²) in [5.41, 5.74) is 0.777. The molecule has 128 valence electrons. The Labute approximate surface area is 142 Å². The van der Waals surface area contributed by atoms with E-state index in [4.69, 9.17) is 0 Å². The van der Waals surface area contributed by atoms with Gasteiger partial charge in [-0.25, -0.2) is 4.39 Å². The summed E-state index contributed by atoms with van der Waals surface area (Å²) in [5.74, 6) is 0.536. The van der Waals surface area contributed by atoms with Crippen LogP contribution in [0.1, 0.15) is 31.2 Å². The second kappa shape index (κ2) is 8.08. The molecule has 1 aliphatic rings. The Morgan fingerprint density at radius 2 is 2.17 bits per heavy atom. The largest absolute Gasteiger partial charge is 0.342 e. The molecule has 0 unspecified atom stereocenters. The number of amides is 1. The van der Waals surface area contributed by atoms with Gasteiger partial charge in [-0.05, 0) is 49.3 Å². The zero-order valence-electron chi connectivity index (χ0n) is 13.9. The van der Waals surface area contributed by atoms with Gasteiger partial charge in [0.1, 0.15) is 5.82 Å². The molecule has 0 N–H and O–H groups in total. The zero-order valence-corrected chi connectivity index (χ0v) is 13.9. The third-order valence-corrected chi connectivity index (χ3v) is 4.77. The van der Waals surface area contributed by atoms with Crippen LogP contribution in [0.5, 0.6) is 0 Å². The first-order chi connectivity index (χ1) is 11.7. The van der Waals surface area contributed by atoms with Crippen molar-refractivity contribution in [1.29, 1.82) is 0 Å². The maximum Gasteiger partial charge on any atom is 0.224 e. The molecule has 0 saturated carbocycles. The summed E-state index contributed by atoms with van der Waals surface area (Å²) >= 11 is 0. The lowest BCUT2D eigenvalue weighted by Crippen LogP contribution is -2.40. The molecule has 1 saturated heterocycles. The summed E-state index contributed by atoms with van der Waals surface area (Å²) in [6.45, 7) is 2.27. The first-order valence-corrected chi connectivity index (χ1v) is 8.71. The molecule has 24 heavy (non-hydrogen) atoms. The summed E-state index contributed by atoms with van der Waals surface area (Å²) in [7, 11) is 0. The molecular formula is C19H24FN3O. The lowest BCUT2D eigenvalue weighted by atomic mass is 9.91. The average molecular weight is 329 g/mol. The van der Waals surface area contributed by atoms with Gasteiger partial charge in [-0.2, -0.15) is 5.10 Å². The van der Waals surface area contributed by atoms with Crippen LogP contribution in [0, 0.1) is 11.7 Å². The fourth-order valence-corrected chi connectivity index (χ4v) is 3.39. The van der Waals surface area contributed by atoms with Gasteiger partial charge in [-0.15, -0.1) is 0 Å². The summed E-state index contributed by atoms with van der Waals surface area (Å²) in [6.07, 6.45) is 7.93. The van der Waals surface area contributed by atoms with E-state index in [0.29, 0.717) is 18.9 Å². The van der Waals surface area contributed by atoms with Crippen LogP contribution in [0.3, 0.4) is 0 Å². The molecule has 0 aliphatic carbocycles. The number of halogens is 1. The second-order valence-corrected chi connectivity index (χ2v) is 6.50. The number of hydrogen-bond donors (Lipinski definition) is 0. The summed E-state index contributed by atoms with van der Waals surface area (Å²) in [4.78, 5) is 14.4. The highest BCUT2D eigenvalue weighted by molar-refractivity contribution is 5.76. The van der Waals surface area contributed by atoms with Crippen molar-refractivity contribution in [3.05, 3.63) is 54.1 Å². The highest BCUT2D eigenvalue weighted by Crippen LogP contribution is 2.23. The Bertz CT molecular complexity index is 656. The van der Waals surface area contributed by atoms with Gasteiger partial charge in [-0.3, -0.25) is 9.48 Å². The van der Waals surface area contributed by atoms with Gasteiger partial charge in [-0.1, -0.05) is 18.2 Å². The van der Waals surface area contributed by atoms with E-state index in [9.17, 15) is 9.18 Å². The van der Waals surface area contributed by atoms with Crippen LogP contribution in [0.15, 0.2) is 42.7 Å². The Kier molecular flexibility index (Phi) is 5.62. The molecule has 1 aromatic heterocycles. The predicted molar refractivity (Wildman–Crippen MR) is 90.9 cm³/mol. The van der Waals surface area contributed by atoms with Crippen molar-refractivity contribution in [2.75, 3.05) is 13.1 Å². The number of carbonyl (C=O) groups excluding carboxylic acids is 1. The molecule has 2 aromatic rings. The Hall–Kier alpha value is -2.17. The fourth-order valence-electron chi connectivity index (χ4n) is 3.39. The van der Waals surface area contributed by atoms with Crippen LogP contribution < -0.4 is 0 Å². The van der Waals surface area contributed by atoms with Gasteiger partial charge >= 0.3 is 0 Å². The number of piperidine rings is 1. The van der Waals surface area contributed by atoms with Crippen molar-refractivity contribution in [2.45, 2.75) is 38.6 Å². The van der Waals surface area contributed by atoms with Crippen LogP contribution in [0.2, 0.25) is 0 Å². The highest BCUT2D eigenvalue weighted by Gasteiger charge is 2.23. The first kappa shape index (κ1) is 16.7.